The Labute approximate surface area is 109 Å². The van der Waals surface area contributed by atoms with Crippen LogP contribution in [0.25, 0.3) is 0 Å². The average molecular weight is 269 g/mol. The standard InChI is InChI=1S/C12H15NO6/c1-18-7-4-3-5-8(19-2)9(7)11(15)10(12(16)17)13-6-14/h3-6,10-11,15H,1-2H3,(H,13,14)(H,16,17). The van der Waals surface area contributed by atoms with Gasteiger partial charge in [0.2, 0.25) is 6.41 Å². The van der Waals surface area contributed by atoms with E-state index >= 15 is 0 Å². The molecule has 0 radical (unpaired) electrons. The van der Waals surface area contributed by atoms with Gasteiger partial charge < -0.3 is 25.0 Å². The Morgan fingerprint density at radius 1 is 1.32 bits per heavy atom. The molecule has 0 aliphatic rings. The summed E-state index contributed by atoms with van der Waals surface area (Å²) in [5, 5.41) is 21.2. The van der Waals surface area contributed by atoms with Gasteiger partial charge in [-0.3, -0.25) is 4.79 Å². The first kappa shape index (κ1) is 14.8. The van der Waals surface area contributed by atoms with Crippen LogP contribution < -0.4 is 14.8 Å². The minimum atomic E-state index is -1.51. The van der Waals surface area contributed by atoms with E-state index < -0.39 is 18.1 Å². The van der Waals surface area contributed by atoms with Gasteiger partial charge >= 0.3 is 5.97 Å². The highest BCUT2D eigenvalue weighted by Crippen LogP contribution is 2.35. The summed E-state index contributed by atoms with van der Waals surface area (Å²) in [7, 11) is 2.77. The Hall–Kier alpha value is -2.28. The van der Waals surface area contributed by atoms with E-state index in [1.807, 2.05) is 5.32 Å². The van der Waals surface area contributed by atoms with Crippen LogP contribution in [0, 0.1) is 0 Å². The number of hydrogen-bond acceptors (Lipinski definition) is 5. The summed E-state index contributed by atoms with van der Waals surface area (Å²) in [6, 6.07) is 3.25. The van der Waals surface area contributed by atoms with E-state index in [0.717, 1.165) is 0 Å². The van der Waals surface area contributed by atoms with Crippen molar-refractivity contribution in [2.24, 2.45) is 0 Å². The Morgan fingerprint density at radius 3 is 2.21 bits per heavy atom. The largest absolute Gasteiger partial charge is 0.496 e. The third-order valence-electron chi connectivity index (χ3n) is 2.59. The van der Waals surface area contributed by atoms with Crippen molar-refractivity contribution < 1.29 is 29.3 Å². The third kappa shape index (κ3) is 3.14. The number of aliphatic hydroxyl groups is 1. The molecule has 0 saturated heterocycles. The molecule has 1 rings (SSSR count). The van der Waals surface area contributed by atoms with Crippen LogP contribution in [0.1, 0.15) is 11.7 Å². The van der Waals surface area contributed by atoms with Crippen LogP contribution in [0.2, 0.25) is 0 Å². The first-order valence-electron chi connectivity index (χ1n) is 5.38. The minimum absolute atomic E-state index is 0.161. The lowest BCUT2D eigenvalue weighted by molar-refractivity contribution is -0.144. The lowest BCUT2D eigenvalue weighted by Crippen LogP contribution is -2.41. The zero-order chi connectivity index (χ0) is 14.4. The smallest absolute Gasteiger partial charge is 0.329 e. The van der Waals surface area contributed by atoms with Crippen molar-refractivity contribution in [1.82, 2.24) is 5.32 Å². The molecule has 104 valence electrons. The number of amides is 1. The SMILES string of the molecule is COc1cccc(OC)c1C(O)C(NC=O)C(=O)O. The van der Waals surface area contributed by atoms with Crippen LogP contribution in [0.15, 0.2) is 18.2 Å². The Balaban J connectivity index is 3.25. The molecule has 0 spiro atoms. The highest BCUT2D eigenvalue weighted by Gasteiger charge is 2.31. The number of ether oxygens (including phenoxy) is 2. The van der Waals surface area contributed by atoms with Gasteiger partial charge in [0.05, 0.1) is 19.8 Å². The zero-order valence-electron chi connectivity index (χ0n) is 10.5. The van der Waals surface area contributed by atoms with Gasteiger partial charge in [0.25, 0.3) is 0 Å². The van der Waals surface area contributed by atoms with Crippen molar-refractivity contribution in [1.29, 1.82) is 0 Å². The van der Waals surface area contributed by atoms with E-state index in [0.29, 0.717) is 0 Å². The second-order valence-corrected chi connectivity index (χ2v) is 3.62. The average Bonchev–Trinajstić information content (AvgIpc) is 2.42. The maximum absolute atomic E-state index is 11.0. The highest BCUT2D eigenvalue weighted by atomic mass is 16.5. The predicted octanol–water partition coefficient (Wildman–Crippen LogP) is -0.0636. The zero-order valence-corrected chi connectivity index (χ0v) is 10.5. The molecule has 0 heterocycles. The van der Waals surface area contributed by atoms with E-state index in [-0.39, 0.29) is 23.5 Å². The number of carbonyl (C=O) groups is 2. The van der Waals surface area contributed by atoms with Crippen LogP contribution >= 0.6 is 0 Å². The molecule has 7 nitrogen and oxygen atoms in total. The van der Waals surface area contributed by atoms with Crippen LogP contribution in [0.3, 0.4) is 0 Å². The van der Waals surface area contributed by atoms with Crippen LogP contribution in [-0.2, 0) is 9.59 Å². The van der Waals surface area contributed by atoms with Crippen molar-refractivity contribution in [2.75, 3.05) is 14.2 Å². The van der Waals surface area contributed by atoms with Crippen molar-refractivity contribution in [3.63, 3.8) is 0 Å². The lowest BCUT2D eigenvalue weighted by atomic mass is 10.00. The minimum Gasteiger partial charge on any atom is -0.496 e. The van der Waals surface area contributed by atoms with Gasteiger partial charge in [-0.2, -0.15) is 0 Å². The molecule has 2 atom stereocenters. The summed E-state index contributed by atoms with van der Waals surface area (Å²) < 4.78 is 10.1. The Morgan fingerprint density at radius 2 is 1.84 bits per heavy atom. The molecule has 7 heteroatoms. The summed E-state index contributed by atoms with van der Waals surface area (Å²) in [5.41, 5.74) is 0.161. The number of methoxy groups -OCH3 is 2. The Kier molecular flexibility index (Phi) is 5.13. The fraction of sp³-hybridized carbons (Fsp3) is 0.333. The molecule has 0 aliphatic heterocycles. The van der Waals surface area contributed by atoms with Gasteiger partial charge in [-0.15, -0.1) is 0 Å². The fourth-order valence-corrected chi connectivity index (χ4v) is 1.71. The molecule has 0 saturated carbocycles. The number of benzene rings is 1. The second kappa shape index (κ2) is 6.60. The number of aliphatic carboxylic acids is 1. The maximum atomic E-state index is 11.0. The second-order valence-electron chi connectivity index (χ2n) is 3.62. The van der Waals surface area contributed by atoms with Gasteiger partial charge in [-0.1, -0.05) is 6.07 Å². The van der Waals surface area contributed by atoms with Crippen molar-refractivity contribution >= 4 is 12.4 Å². The van der Waals surface area contributed by atoms with Gasteiger partial charge in [-0.25, -0.2) is 4.79 Å². The molecule has 1 amide bonds. The Bertz CT molecular complexity index is 439. The topological polar surface area (TPSA) is 105 Å². The van der Waals surface area contributed by atoms with Crippen molar-refractivity contribution in [2.45, 2.75) is 12.1 Å². The number of carbonyl (C=O) groups excluding carboxylic acids is 1. The number of aliphatic hydroxyl groups excluding tert-OH is 1. The van der Waals surface area contributed by atoms with Crippen LogP contribution in [0.4, 0.5) is 0 Å². The van der Waals surface area contributed by atoms with E-state index in [1.165, 1.54) is 14.2 Å². The normalized spacial score (nSPS) is 13.2. The molecule has 19 heavy (non-hydrogen) atoms. The number of hydrogen-bond donors (Lipinski definition) is 3. The molecular formula is C12H15NO6. The molecule has 1 aromatic rings. The number of carboxylic acids is 1. The summed E-state index contributed by atoms with van der Waals surface area (Å²) >= 11 is 0. The molecule has 3 N–H and O–H groups in total. The molecule has 2 unspecified atom stereocenters. The molecular weight excluding hydrogens is 254 g/mol. The summed E-state index contributed by atoms with van der Waals surface area (Å²) in [4.78, 5) is 21.5. The predicted molar refractivity (Wildman–Crippen MR) is 65.1 cm³/mol. The van der Waals surface area contributed by atoms with E-state index in [4.69, 9.17) is 14.6 Å². The van der Waals surface area contributed by atoms with Crippen LogP contribution in [0.5, 0.6) is 11.5 Å². The van der Waals surface area contributed by atoms with Gasteiger partial charge in [0, 0.05) is 0 Å². The summed E-state index contributed by atoms with van der Waals surface area (Å²) in [6.07, 6.45) is -1.29. The summed E-state index contributed by atoms with van der Waals surface area (Å²) in [6.45, 7) is 0. The van der Waals surface area contributed by atoms with Crippen molar-refractivity contribution in [3.05, 3.63) is 23.8 Å². The number of nitrogens with one attached hydrogen (secondary N) is 1. The number of carboxylic acid groups (broad SMARTS) is 1. The monoisotopic (exact) mass is 269 g/mol. The quantitative estimate of drug-likeness (QED) is 0.599. The van der Waals surface area contributed by atoms with Gasteiger partial charge in [-0.05, 0) is 12.1 Å². The molecule has 0 aliphatic carbocycles. The molecule has 1 aromatic carbocycles. The van der Waals surface area contributed by atoms with Crippen LogP contribution in [-0.4, -0.2) is 42.9 Å². The first-order chi connectivity index (χ1) is 9.06. The molecule has 0 aromatic heterocycles. The van der Waals surface area contributed by atoms with E-state index in [1.54, 1.807) is 18.2 Å². The highest BCUT2D eigenvalue weighted by molar-refractivity contribution is 5.77. The lowest BCUT2D eigenvalue weighted by Gasteiger charge is -2.22. The maximum Gasteiger partial charge on any atom is 0.329 e. The van der Waals surface area contributed by atoms with Crippen molar-refractivity contribution in [3.8, 4) is 11.5 Å². The van der Waals surface area contributed by atoms with Gasteiger partial charge in [0.1, 0.15) is 17.6 Å². The third-order valence-corrected chi connectivity index (χ3v) is 2.59. The van der Waals surface area contributed by atoms with E-state index in [2.05, 4.69) is 0 Å². The molecule has 0 fully saturated rings. The molecule has 0 bridgehead atoms. The number of rotatable bonds is 7. The van der Waals surface area contributed by atoms with E-state index in [9.17, 15) is 14.7 Å². The fourth-order valence-electron chi connectivity index (χ4n) is 1.71. The summed E-state index contributed by atoms with van der Waals surface area (Å²) in [5.74, 6) is -0.829. The van der Waals surface area contributed by atoms with Gasteiger partial charge in [0.15, 0.2) is 6.04 Å². The first-order valence-corrected chi connectivity index (χ1v) is 5.38.